The van der Waals surface area contributed by atoms with E-state index in [9.17, 15) is 8.78 Å². The highest BCUT2D eigenvalue weighted by Gasteiger charge is 2.10. The lowest BCUT2D eigenvalue weighted by molar-refractivity contribution is 0.527. The summed E-state index contributed by atoms with van der Waals surface area (Å²) in [7, 11) is 0. The number of hydrogen-bond acceptors (Lipinski definition) is 1. The Kier molecular flexibility index (Phi) is 4.66. The first-order chi connectivity index (χ1) is 9.06. The van der Waals surface area contributed by atoms with Crippen molar-refractivity contribution in [1.29, 1.82) is 0 Å². The fourth-order valence-electron chi connectivity index (χ4n) is 1.84. The predicted molar refractivity (Wildman–Crippen MR) is 75.8 cm³/mol. The molecule has 1 atom stereocenters. The minimum Gasteiger partial charge on any atom is -0.306 e. The molecule has 19 heavy (non-hydrogen) atoms. The quantitative estimate of drug-likeness (QED) is 0.867. The highest BCUT2D eigenvalue weighted by Crippen LogP contribution is 2.21. The van der Waals surface area contributed by atoms with E-state index in [2.05, 4.69) is 21.2 Å². The Morgan fingerprint density at radius 2 is 1.79 bits per heavy atom. The van der Waals surface area contributed by atoms with Crippen molar-refractivity contribution in [2.75, 3.05) is 0 Å². The molecule has 1 N–H and O–H groups in total. The van der Waals surface area contributed by atoms with E-state index in [0.717, 1.165) is 10.0 Å². The summed E-state index contributed by atoms with van der Waals surface area (Å²) in [4.78, 5) is 0. The molecular weight excluding hydrogens is 312 g/mol. The normalized spacial score (nSPS) is 12.4. The first-order valence-electron chi connectivity index (χ1n) is 5.99. The van der Waals surface area contributed by atoms with Crippen molar-refractivity contribution in [2.45, 2.75) is 19.5 Å². The van der Waals surface area contributed by atoms with Crippen molar-refractivity contribution in [3.63, 3.8) is 0 Å². The van der Waals surface area contributed by atoms with Gasteiger partial charge in [0, 0.05) is 22.6 Å². The summed E-state index contributed by atoms with van der Waals surface area (Å²) in [5.41, 5.74) is 1.58. The smallest absolute Gasteiger partial charge is 0.129 e. The molecule has 2 rings (SSSR count). The zero-order chi connectivity index (χ0) is 13.8. The van der Waals surface area contributed by atoms with Gasteiger partial charge < -0.3 is 5.32 Å². The summed E-state index contributed by atoms with van der Waals surface area (Å²) in [5, 5.41) is 3.22. The Hall–Kier alpha value is -1.26. The Balaban J connectivity index is 2.01. The van der Waals surface area contributed by atoms with Crippen molar-refractivity contribution in [1.82, 2.24) is 5.32 Å². The number of hydrogen-bond donors (Lipinski definition) is 1. The fraction of sp³-hybridized carbons (Fsp3) is 0.200. The number of benzene rings is 2. The molecule has 4 heteroatoms. The van der Waals surface area contributed by atoms with Gasteiger partial charge in [0.2, 0.25) is 0 Å². The topological polar surface area (TPSA) is 12.0 Å². The molecule has 0 heterocycles. The van der Waals surface area contributed by atoms with Crippen LogP contribution in [0.1, 0.15) is 24.1 Å². The van der Waals surface area contributed by atoms with Gasteiger partial charge in [0.15, 0.2) is 0 Å². The Bertz CT molecular complexity index is 555. The van der Waals surface area contributed by atoms with E-state index in [1.165, 1.54) is 18.2 Å². The van der Waals surface area contributed by atoms with Gasteiger partial charge in [-0.15, -0.1) is 0 Å². The monoisotopic (exact) mass is 325 g/mol. The summed E-state index contributed by atoms with van der Waals surface area (Å²) in [6.07, 6.45) is 0. The maximum atomic E-state index is 13.8. The van der Waals surface area contributed by atoms with Crippen LogP contribution in [-0.4, -0.2) is 0 Å². The summed E-state index contributed by atoms with van der Waals surface area (Å²) >= 11 is 3.23. The van der Waals surface area contributed by atoms with Crippen LogP contribution in [0.5, 0.6) is 0 Å². The van der Waals surface area contributed by atoms with Crippen LogP contribution in [0.15, 0.2) is 46.9 Å². The van der Waals surface area contributed by atoms with Gasteiger partial charge in [-0.25, -0.2) is 8.78 Å². The van der Waals surface area contributed by atoms with Gasteiger partial charge >= 0.3 is 0 Å². The largest absolute Gasteiger partial charge is 0.306 e. The van der Waals surface area contributed by atoms with E-state index in [1.807, 2.05) is 13.0 Å². The minimum absolute atomic E-state index is 0.113. The third-order valence-corrected chi connectivity index (χ3v) is 3.45. The molecule has 0 bridgehead atoms. The Morgan fingerprint density at radius 1 is 1.11 bits per heavy atom. The molecule has 0 amide bonds. The second-order valence-corrected chi connectivity index (χ2v) is 5.31. The zero-order valence-electron chi connectivity index (χ0n) is 10.5. The van der Waals surface area contributed by atoms with Gasteiger partial charge in [0.05, 0.1) is 0 Å². The van der Waals surface area contributed by atoms with Gasteiger partial charge in [-0.05, 0) is 36.8 Å². The van der Waals surface area contributed by atoms with Gasteiger partial charge in [0.1, 0.15) is 11.6 Å². The number of nitrogens with one attached hydrogen (secondary N) is 1. The van der Waals surface area contributed by atoms with Crippen molar-refractivity contribution >= 4 is 15.9 Å². The summed E-state index contributed by atoms with van der Waals surface area (Å²) < 4.78 is 27.2. The summed E-state index contributed by atoms with van der Waals surface area (Å²) in [6, 6.07) is 11.2. The van der Waals surface area contributed by atoms with Gasteiger partial charge in [0.25, 0.3) is 0 Å². The van der Waals surface area contributed by atoms with E-state index in [-0.39, 0.29) is 17.7 Å². The van der Waals surface area contributed by atoms with Crippen molar-refractivity contribution in [2.24, 2.45) is 0 Å². The van der Waals surface area contributed by atoms with Crippen LogP contribution in [0, 0.1) is 11.6 Å². The van der Waals surface area contributed by atoms with E-state index in [4.69, 9.17) is 0 Å². The Labute approximate surface area is 119 Å². The fourth-order valence-corrected chi connectivity index (χ4v) is 2.17. The van der Waals surface area contributed by atoms with Crippen molar-refractivity contribution in [3.05, 3.63) is 69.7 Å². The number of rotatable bonds is 4. The van der Waals surface area contributed by atoms with Crippen LogP contribution in [0.3, 0.4) is 0 Å². The van der Waals surface area contributed by atoms with Crippen LogP contribution >= 0.6 is 15.9 Å². The molecule has 1 unspecified atom stereocenters. The second kappa shape index (κ2) is 6.26. The molecule has 0 aliphatic rings. The molecule has 0 saturated heterocycles. The van der Waals surface area contributed by atoms with E-state index < -0.39 is 0 Å². The van der Waals surface area contributed by atoms with E-state index >= 15 is 0 Å². The molecule has 0 spiro atoms. The summed E-state index contributed by atoms with van der Waals surface area (Å²) in [5.74, 6) is -0.496. The highest BCUT2D eigenvalue weighted by molar-refractivity contribution is 9.10. The van der Waals surface area contributed by atoms with Gasteiger partial charge in [-0.2, -0.15) is 0 Å². The highest BCUT2D eigenvalue weighted by atomic mass is 79.9. The molecule has 0 radical (unpaired) electrons. The molecule has 0 aromatic heterocycles. The first kappa shape index (κ1) is 14.2. The summed E-state index contributed by atoms with van der Waals surface area (Å²) in [6.45, 7) is 2.47. The maximum absolute atomic E-state index is 13.8. The van der Waals surface area contributed by atoms with E-state index in [1.54, 1.807) is 18.2 Å². The molecular formula is C15H14BrF2N. The standard InChI is InChI=1S/C15H14BrF2N/c1-10(14-7-4-12(16)8-15(14)18)19-9-11-2-5-13(17)6-3-11/h2-8,10,19H,9H2,1H3. The molecule has 1 nitrogen and oxygen atoms in total. The average molecular weight is 326 g/mol. The molecule has 2 aromatic rings. The third-order valence-electron chi connectivity index (χ3n) is 2.95. The van der Waals surface area contributed by atoms with E-state index in [0.29, 0.717) is 12.1 Å². The van der Waals surface area contributed by atoms with Gasteiger partial charge in [-0.1, -0.05) is 34.1 Å². The second-order valence-electron chi connectivity index (χ2n) is 4.39. The lowest BCUT2D eigenvalue weighted by Crippen LogP contribution is -2.19. The minimum atomic E-state index is -0.254. The van der Waals surface area contributed by atoms with Crippen LogP contribution in [0.25, 0.3) is 0 Å². The van der Waals surface area contributed by atoms with Crippen molar-refractivity contribution < 1.29 is 8.78 Å². The molecule has 100 valence electrons. The molecule has 0 aliphatic heterocycles. The van der Waals surface area contributed by atoms with Crippen LogP contribution in [-0.2, 0) is 6.54 Å². The Morgan fingerprint density at radius 3 is 2.42 bits per heavy atom. The SMILES string of the molecule is CC(NCc1ccc(F)cc1)c1ccc(Br)cc1F. The first-order valence-corrected chi connectivity index (χ1v) is 6.78. The maximum Gasteiger partial charge on any atom is 0.129 e. The average Bonchev–Trinajstić information content (AvgIpc) is 2.37. The lowest BCUT2D eigenvalue weighted by Gasteiger charge is -2.15. The van der Waals surface area contributed by atoms with Crippen LogP contribution in [0.4, 0.5) is 8.78 Å². The van der Waals surface area contributed by atoms with Crippen LogP contribution < -0.4 is 5.32 Å². The number of halogens is 3. The molecule has 0 fully saturated rings. The zero-order valence-corrected chi connectivity index (χ0v) is 12.0. The molecule has 2 aromatic carbocycles. The van der Waals surface area contributed by atoms with Crippen LogP contribution in [0.2, 0.25) is 0 Å². The van der Waals surface area contributed by atoms with Gasteiger partial charge in [-0.3, -0.25) is 0 Å². The lowest BCUT2D eigenvalue weighted by atomic mass is 10.1. The predicted octanol–water partition coefficient (Wildman–Crippen LogP) is 4.58. The third kappa shape index (κ3) is 3.85. The van der Waals surface area contributed by atoms with Crippen molar-refractivity contribution in [3.8, 4) is 0 Å². The molecule has 0 aliphatic carbocycles. The molecule has 0 saturated carbocycles.